The molecule has 1 fully saturated rings. The molecule has 3 N–H and O–H groups in total. The van der Waals surface area contributed by atoms with Crippen molar-refractivity contribution in [2.24, 2.45) is 10.4 Å². The SMILES string of the molecule is CCNC(=NCC1(CO)CCOCC1)NC1CCOc2ccccc21.I. The molecule has 0 saturated carbocycles. The molecule has 3 rings (SSSR count). The molecule has 0 aliphatic carbocycles. The van der Waals surface area contributed by atoms with Crippen LogP contribution >= 0.6 is 24.0 Å². The number of hydrogen-bond donors (Lipinski definition) is 3. The van der Waals surface area contributed by atoms with Crippen molar-refractivity contribution in [1.29, 1.82) is 0 Å². The Labute approximate surface area is 172 Å². The number of aliphatic hydroxyl groups is 1. The minimum absolute atomic E-state index is 0. The Hall–Kier alpha value is -1.06. The first-order chi connectivity index (χ1) is 12.3. The van der Waals surface area contributed by atoms with Gasteiger partial charge in [-0.25, -0.2) is 0 Å². The number of guanidine groups is 1. The predicted molar refractivity (Wildman–Crippen MR) is 113 cm³/mol. The van der Waals surface area contributed by atoms with Gasteiger partial charge in [0, 0.05) is 37.2 Å². The fourth-order valence-electron chi connectivity index (χ4n) is 3.39. The Morgan fingerprint density at radius 3 is 2.77 bits per heavy atom. The van der Waals surface area contributed by atoms with Crippen LogP contribution in [0.4, 0.5) is 0 Å². The van der Waals surface area contributed by atoms with Crippen LogP contribution < -0.4 is 15.4 Å². The molecule has 0 amide bonds. The van der Waals surface area contributed by atoms with E-state index in [0.717, 1.165) is 37.5 Å². The summed E-state index contributed by atoms with van der Waals surface area (Å²) in [4.78, 5) is 4.79. The summed E-state index contributed by atoms with van der Waals surface area (Å²) in [6.07, 6.45) is 2.61. The lowest BCUT2D eigenvalue weighted by atomic mass is 9.81. The summed E-state index contributed by atoms with van der Waals surface area (Å²) in [6.45, 7) is 5.72. The highest BCUT2D eigenvalue weighted by Gasteiger charge is 2.32. The largest absolute Gasteiger partial charge is 0.493 e. The van der Waals surface area contributed by atoms with Gasteiger partial charge in [0.25, 0.3) is 0 Å². The first-order valence-electron chi connectivity index (χ1n) is 9.21. The van der Waals surface area contributed by atoms with E-state index >= 15 is 0 Å². The third-order valence-electron chi connectivity index (χ3n) is 5.08. The van der Waals surface area contributed by atoms with Crippen molar-refractivity contribution in [3.05, 3.63) is 29.8 Å². The topological polar surface area (TPSA) is 75.1 Å². The van der Waals surface area contributed by atoms with E-state index in [4.69, 9.17) is 14.5 Å². The highest BCUT2D eigenvalue weighted by Crippen LogP contribution is 2.32. The lowest BCUT2D eigenvalue weighted by Gasteiger charge is -2.34. The molecule has 0 radical (unpaired) electrons. The molecule has 26 heavy (non-hydrogen) atoms. The van der Waals surface area contributed by atoms with Gasteiger partial charge in [-0.3, -0.25) is 4.99 Å². The number of fused-ring (bicyclic) bond motifs is 1. The van der Waals surface area contributed by atoms with E-state index in [0.29, 0.717) is 26.4 Å². The molecular weight excluding hydrogens is 445 g/mol. The fraction of sp³-hybridized carbons (Fsp3) is 0.632. The summed E-state index contributed by atoms with van der Waals surface area (Å²) in [7, 11) is 0. The summed E-state index contributed by atoms with van der Waals surface area (Å²) in [6, 6.07) is 8.33. The number of nitrogens with one attached hydrogen (secondary N) is 2. The summed E-state index contributed by atoms with van der Waals surface area (Å²) in [5.74, 6) is 1.74. The lowest BCUT2D eigenvalue weighted by molar-refractivity contribution is -0.0106. The van der Waals surface area contributed by atoms with Crippen molar-refractivity contribution >= 4 is 29.9 Å². The standard InChI is InChI=1S/C19H29N3O3.HI/c1-2-20-18(21-13-19(14-23)8-11-24-12-9-19)22-16-7-10-25-17-6-4-3-5-15(16)17;/h3-6,16,23H,2,7-14H2,1H3,(H2,20,21,22);1H. The van der Waals surface area contributed by atoms with E-state index in [1.54, 1.807) is 0 Å². The van der Waals surface area contributed by atoms with Gasteiger partial charge < -0.3 is 25.2 Å². The zero-order chi connectivity index (χ0) is 17.5. The van der Waals surface area contributed by atoms with E-state index in [1.807, 2.05) is 18.2 Å². The fourth-order valence-corrected chi connectivity index (χ4v) is 3.39. The van der Waals surface area contributed by atoms with Crippen molar-refractivity contribution in [3.8, 4) is 5.75 Å². The lowest BCUT2D eigenvalue weighted by Crippen LogP contribution is -2.43. The van der Waals surface area contributed by atoms with Crippen LogP contribution in [0.1, 0.15) is 37.8 Å². The number of aliphatic hydroxyl groups excluding tert-OH is 1. The maximum absolute atomic E-state index is 9.85. The quantitative estimate of drug-likeness (QED) is 0.347. The zero-order valence-electron chi connectivity index (χ0n) is 15.4. The molecule has 6 nitrogen and oxygen atoms in total. The molecule has 1 aromatic rings. The molecule has 2 heterocycles. The molecule has 2 aliphatic heterocycles. The Kier molecular flexibility index (Phi) is 8.43. The van der Waals surface area contributed by atoms with Gasteiger partial charge in [0.1, 0.15) is 5.75 Å². The monoisotopic (exact) mass is 475 g/mol. The minimum Gasteiger partial charge on any atom is -0.493 e. The molecule has 7 heteroatoms. The second-order valence-corrected chi connectivity index (χ2v) is 6.84. The number of benzene rings is 1. The molecule has 1 atom stereocenters. The smallest absolute Gasteiger partial charge is 0.191 e. The molecule has 1 saturated heterocycles. The van der Waals surface area contributed by atoms with Gasteiger partial charge in [-0.05, 0) is 25.8 Å². The van der Waals surface area contributed by atoms with Crippen LogP contribution in [0.15, 0.2) is 29.3 Å². The van der Waals surface area contributed by atoms with Gasteiger partial charge >= 0.3 is 0 Å². The number of aliphatic imine (C=N–C) groups is 1. The van der Waals surface area contributed by atoms with E-state index in [2.05, 4.69) is 23.6 Å². The van der Waals surface area contributed by atoms with Crippen molar-refractivity contribution in [2.45, 2.75) is 32.2 Å². The summed E-state index contributed by atoms with van der Waals surface area (Å²) in [5.41, 5.74) is 1.01. The van der Waals surface area contributed by atoms with Crippen LogP contribution in [0.2, 0.25) is 0 Å². The maximum Gasteiger partial charge on any atom is 0.191 e. The Bertz CT molecular complexity index is 591. The molecular formula is C19H30IN3O3. The molecule has 0 bridgehead atoms. The minimum atomic E-state index is -0.159. The number of halogens is 1. The zero-order valence-corrected chi connectivity index (χ0v) is 17.7. The highest BCUT2D eigenvalue weighted by molar-refractivity contribution is 14.0. The summed E-state index contributed by atoms with van der Waals surface area (Å²) >= 11 is 0. The first kappa shape index (κ1) is 21.2. The summed E-state index contributed by atoms with van der Waals surface area (Å²) < 4.78 is 11.2. The highest BCUT2D eigenvalue weighted by atomic mass is 127. The summed E-state index contributed by atoms with van der Waals surface area (Å²) in [5, 5.41) is 16.7. The normalized spacial score (nSPS) is 21.8. The third-order valence-corrected chi connectivity index (χ3v) is 5.08. The third kappa shape index (κ3) is 5.23. The van der Waals surface area contributed by atoms with Crippen LogP contribution in [0.5, 0.6) is 5.75 Å². The Balaban J connectivity index is 0.00000243. The maximum atomic E-state index is 9.85. The molecule has 1 aromatic carbocycles. The molecule has 0 aromatic heterocycles. The van der Waals surface area contributed by atoms with Gasteiger partial charge in [-0.15, -0.1) is 24.0 Å². The van der Waals surface area contributed by atoms with Crippen molar-refractivity contribution in [1.82, 2.24) is 10.6 Å². The van der Waals surface area contributed by atoms with E-state index < -0.39 is 0 Å². The van der Waals surface area contributed by atoms with Gasteiger partial charge in [0.2, 0.25) is 0 Å². The van der Waals surface area contributed by atoms with Gasteiger partial charge in [-0.2, -0.15) is 0 Å². The van der Waals surface area contributed by atoms with E-state index in [-0.39, 0.29) is 42.0 Å². The van der Waals surface area contributed by atoms with Crippen LogP contribution in [-0.4, -0.2) is 50.6 Å². The van der Waals surface area contributed by atoms with Crippen LogP contribution in [-0.2, 0) is 4.74 Å². The average molecular weight is 475 g/mol. The number of ether oxygens (including phenoxy) is 2. The second kappa shape index (κ2) is 10.3. The Morgan fingerprint density at radius 2 is 2.04 bits per heavy atom. The molecule has 146 valence electrons. The Morgan fingerprint density at radius 1 is 1.27 bits per heavy atom. The van der Waals surface area contributed by atoms with Crippen LogP contribution in [0, 0.1) is 5.41 Å². The van der Waals surface area contributed by atoms with Crippen molar-refractivity contribution < 1.29 is 14.6 Å². The molecule has 1 unspecified atom stereocenters. The molecule has 0 spiro atoms. The number of rotatable bonds is 5. The molecule has 2 aliphatic rings. The van der Waals surface area contributed by atoms with Crippen LogP contribution in [0.25, 0.3) is 0 Å². The van der Waals surface area contributed by atoms with E-state index in [1.165, 1.54) is 5.56 Å². The number of hydrogen-bond acceptors (Lipinski definition) is 4. The van der Waals surface area contributed by atoms with Crippen molar-refractivity contribution in [2.75, 3.05) is 39.5 Å². The van der Waals surface area contributed by atoms with Crippen LogP contribution in [0.3, 0.4) is 0 Å². The first-order valence-corrected chi connectivity index (χ1v) is 9.21. The van der Waals surface area contributed by atoms with Crippen molar-refractivity contribution in [3.63, 3.8) is 0 Å². The predicted octanol–water partition coefficient (Wildman–Crippen LogP) is 2.47. The second-order valence-electron chi connectivity index (χ2n) is 6.84. The van der Waals surface area contributed by atoms with Gasteiger partial charge in [0.05, 0.1) is 25.8 Å². The van der Waals surface area contributed by atoms with E-state index in [9.17, 15) is 5.11 Å². The van der Waals surface area contributed by atoms with Gasteiger partial charge in [-0.1, -0.05) is 18.2 Å². The van der Waals surface area contributed by atoms with Gasteiger partial charge in [0.15, 0.2) is 5.96 Å². The number of nitrogens with zero attached hydrogens (tertiary/aromatic N) is 1. The average Bonchev–Trinajstić information content (AvgIpc) is 2.67. The number of para-hydroxylation sites is 1.